The molecule has 15 heavy (non-hydrogen) atoms. The van der Waals surface area contributed by atoms with Crippen LogP contribution in [0.25, 0.3) is 0 Å². The normalized spacial score (nSPS) is 15.3. The molecule has 0 heterocycles. The topological polar surface area (TPSA) is 0 Å². The molecule has 1 atom stereocenters. The van der Waals surface area contributed by atoms with E-state index >= 15 is 0 Å². The average Bonchev–Trinajstić information content (AvgIpc) is 2.85. The van der Waals surface area contributed by atoms with Gasteiger partial charge >= 0.3 is 0 Å². The Bertz CT molecular complexity index is 330. The molecule has 0 spiro atoms. The van der Waals surface area contributed by atoms with E-state index in [1.165, 1.54) is 11.1 Å². The van der Waals surface area contributed by atoms with Crippen molar-refractivity contribution in [2.45, 2.75) is 33.1 Å². The van der Waals surface area contributed by atoms with Gasteiger partial charge in [-0.3, -0.25) is 0 Å². The van der Waals surface area contributed by atoms with Crippen LogP contribution in [0.3, 0.4) is 0 Å². The van der Waals surface area contributed by atoms with E-state index in [2.05, 4.69) is 55.5 Å². The van der Waals surface area contributed by atoms with Gasteiger partial charge in [0.1, 0.15) is 0 Å². The van der Waals surface area contributed by atoms with Gasteiger partial charge in [0.2, 0.25) is 0 Å². The zero-order chi connectivity index (χ0) is 11.1. The van der Waals surface area contributed by atoms with Crippen LogP contribution in [0.15, 0.2) is 54.1 Å². The van der Waals surface area contributed by atoms with Crippen LogP contribution in [0.1, 0.15) is 38.7 Å². The summed E-state index contributed by atoms with van der Waals surface area (Å²) in [6.45, 7) is 6.26. The molecular weight excluding hydrogens is 180 g/mol. The first-order valence-electron chi connectivity index (χ1n) is 5.79. The molecule has 1 unspecified atom stereocenters. The van der Waals surface area contributed by atoms with Gasteiger partial charge in [-0.05, 0) is 17.6 Å². The molecule has 0 heteroatoms. The van der Waals surface area contributed by atoms with Gasteiger partial charge in [-0.1, -0.05) is 69.3 Å². The fraction of sp³-hybridized carbons (Fsp3) is 0.333. The van der Waals surface area contributed by atoms with Gasteiger partial charge in [-0.2, -0.15) is 0 Å². The maximum absolute atomic E-state index is 2.30. The van der Waals surface area contributed by atoms with E-state index in [-0.39, 0.29) is 0 Å². The lowest BCUT2D eigenvalue weighted by Gasteiger charge is -2.11. The third kappa shape index (κ3) is 3.09. The summed E-state index contributed by atoms with van der Waals surface area (Å²) < 4.78 is 0. The Balaban J connectivity index is 0.000000531. The highest BCUT2D eigenvalue weighted by molar-refractivity contribution is 5.37. The second-order valence-corrected chi connectivity index (χ2v) is 3.47. The molecule has 0 nitrogen and oxygen atoms in total. The van der Waals surface area contributed by atoms with Crippen molar-refractivity contribution in [3.05, 3.63) is 59.7 Å². The van der Waals surface area contributed by atoms with Gasteiger partial charge in [0.05, 0.1) is 0 Å². The molecule has 0 N–H and O–H groups in total. The monoisotopic (exact) mass is 200 g/mol. The maximum Gasteiger partial charge on any atom is 0.00578 e. The SMILES string of the molecule is CC.CC(C1=CCC=C1)c1ccccc1. The van der Waals surface area contributed by atoms with Crippen molar-refractivity contribution in [3.8, 4) is 0 Å². The van der Waals surface area contributed by atoms with Crippen molar-refractivity contribution in [1.82, 2.24) is 0 Å². The maximum atomic E-state index is 2.30. The molecule has 0 aromatic heterocycles. The minimum Gasteiger partial charge on any atom is -0.0804 e. The van der Waals surface area contributed by atoms with Gasteiger partial charge in [0.25, 0.3) is 0 Å². The molecular formula is C15H20. The summed E-state index contributed by atoms with van der Waals surface area (Å²) in [7, 11) is 0. The summed E-state index contributed by atoms with van der Waals surface area (Å²) in [6.07, 6.45) is 7.86. The van der Waals surface area contributed by atoms with Crippen molar-refractivity contribution in [3.63, 3.8) is 0 Å². The third-order valence-corrected chi connectivity index (χ3v) is 2.60. The van der Waals surface area contributed by atoms with E-state index in [1.807, 2.05) is 13.8 Å². The summed E-state index contributed by atoms with van der Waals surface area (Å²) in [6, 6.07) is 10.7. The van der Waals surface area contributed by atoms with Crippen LogP contribution >= 0.6 is 0 Å². The van der Waals surface area contributed by atoms with Crippen LogP contribution in [0.2, 0.25) is 0 Å². The zero-order valence-electron chi connectivity index (χ0n) is 9.90. The third-order valence-electron chi connectivity index (χ3n) is 2.60. The molecule has 1 aliphatic carbocycles. The molecule has 0 aliphatic heterocycles. The summed E-state index contributed by atoms with van der Waals surface area (Å²) in [4.78, 5) is 0. The molecule has 1 aromatic carbocycles. The molecule has 0 amide bonds. The molecule has 0 saturated carbocycles. The van der Waals surface area contributed by atoms with Crippen LogP contribution in [0.5, 0.6) is 0 Å². The fourth-order valence-corrected chi connectivity index (χ4v) is 1.73. The molecule has 0 radical (unpaired) electrons. The van der Waals surface area contributed by atoms with E-state index in [4.69, 9.17) is 0 Å². The number of hydrogen-bond donors (Lipinski definition) is 0. The Morgan fingerprint density at radius 2 is 1.73 bits per heavy atom. The lowest BCUT2D eigenvalue weighted by molar-refractivity contribution is 0.923. The molecule has 1 aromatic rings. The van der Waals surface area contributed by atoms with Crippen LogP contribution in [-0.2, 0) is 0 Å². The van der Waals surface area contributed by atoms with E-state index in [0.717, 1.165) is 6.42 Å². The number of allylic oxidation sites excluding steroid dienone is 4. The fourth-order valence-electron chi connectivity index (χ4n) is 1.73. The highest BCUT2D eigenvalue weighted by Gasteiger charge is 2.09. The molecule has 2 rings (SSSR count). The Kier molecular flexibility index (Phi) is 4.89. The van der Waals surface area contributed by atoms with Crippen molar-refractivity contribution in [2.75, 3.05) is 0 Å². The number of rotatable bonds is 2. The number of benzene rings is 1. The number of hydrogen-bond acceptors (Lipinski definition) is 0. The second-order valence-electron chi connectivity index (χ2n) is 3.47. The van der Waals surface area contributed by atoms with Gasteiger partial charge in [-0.15, -0.1) is 0 Å². The summed E-state index contributed by atoms with van der Waals surface area (Å²) in [5.74, 6) is 0.542. The molecule has 80 valence electrons. The minimum absolute atomic E-state index is 0.542. The second kappa shape index (κ2) is 6.23. The smallest absolute Gasteiger partial charge is 0.00578 e. The van der Waals surface area contributed by atoms with Gasteiger partial charge in [0.15, 0.2) is 0 Å². The Labute approximate surface area is 93.3 Å². The van der Waals surface area contributed by atoms with Gasteiger partial charge in [-0.25, -0.2) is 0 Å². The van der Waals surface area contributed by atoms with Crippen molar-refractivity contribution < 1.29 is 0 Å². The van der Waals surface area contributed by atoms with E-state index in [9.17, 15) is 0 Å². The largest absolute Gasteiger partial charge is 0.0804 e. The van der Waals surface area contributed by atoms with Crippen molar-refractivity contribution in [2.24, 2.45) is 0 Å². The van der Waals surface area contributed by atoms with E-state index < -0.39 is 0 Å². The molecule has 0 bridgehead atoms. The van der Waals surface area contributed by atoms with E-state index in [1.54, 1.807) is 0 Å². The predicted octanol–water partition coefficient (Wildman–Crippen LogP) is 4.70. The Morgan fingerprint density at radius 1 is 1.07 bits per heavy atom. The van der Waals surface area contributed by atoms with E-state index in [0.29, 0.717) is 5.92 Å². The Morgan fingerprint density at radius 3 is 2.27 bits per heavy atom. The molecule has 1 aliphatic rings. The first-order chi connectivity index (χ1) is 7.38. The van der Waals surface area contributed by atoms with Gasteiger partial charge in [0, 0.05) is 5.92 Å². The zero-order valence-corrected chi connectivity index (χ0v) is 9.90. The highest BCUT2D eigenvalue weighted by atomic mass is 14.1. The van der Waals surface area contributed by atoms with Gasteiger partial charge < -0.3 is 0 Å². The quantitative estimate of drug-likeness (QED) is 0.649. The van der Waals surface area contributed by atoms with Crippen LogP contribution < -0.4 is 0 Å². The molecule has 0 fully saturated rings. The van der Waals surface area contributed by atoms with Crippen LogP contribution in [0, 0.1) is 0 Å². The molecule has 0 saturated heterocycles. The lowest BCUT2D eigenvalue weighted by atomic mass is 9.94. The lowest BCUT2D eigenvalue weighted by Crippen LogP contribution is -1.93. The first kappa shape index (κ1) is 11.8. The van der Waals surface area contributed by atoms with Crippen molar-refractivity contribution >= 4 is 0 Å². The Hall–Kier alpha value is -1.30. The minimum atomic E-state index is 0.542. The summed E-state index contributed by atoms with van der Waals surface area (Å²) in [5, 5.41) is 0. The van der Waals surface area contributed by atoms with Crippen molar-refractivity contribution in [1.29, 1.82) is 0 Å². The van der Waals surface area contributed by atoms with Crippen LogP contribution in [0.4, 0.5) is 0 Å². The summed E-state index contributed by atoms with van der Waals surface area (Å²) in [5.41, 5.74) is 2.85. The average molecular weight is 200 g/mol. The first-order valence-corrected chi connectivity index (χ1v) is 5.79. The van der Waals surface area contributed by atoms with Crippen LogP contribution in [-0.4, -0.2) is 0 Å². The highest BCUT2D eigenvalue weighted by Crippen LogP contribution is 2.27. The standard InChI is InChI=1S/C13H14.C2H6/c1-11(13-9-5-6-10-13)12-7-3-2-4-8-12;1-2/h2-5,7-11H,6H2,1H3;1-2H3. The summed E-state index contributed by atoms with van der Waals surface area (Å²) >= 11 is 0. The predicted molar refractivity (Wildman–Crippen MR) is 68.0 cm³/mol.